The molecule has 1 aliphatic heterocycles. The summed E-state index contributed by atoms with van der Waals surface area (Å²) < 4.78 is 4.42. The van der Waals surface area contributed by atoms with Gasteiger partial charge in [0.15, 0.2) is 5.69 Å². The first kappa shape index (κ1) is 9.76. The van der Waals surface area contributed by atoms with Crippen molar-refractivity contribution in [1.82, 2.24) is 9.97 Å². The van der Waals surface area contributed by atoms with E-state index in [4.69, 9.17) is 0 Å². The predicted octanol–water partition coefficient (Wildman–Crippen LogP) is 1.08. The molecule has 1 aromatic heterocycles. The third-order valence-electron chi connectivity index (χ3n) is 2.06. The van der Waals surface area contributed by atoms with Gasteiger partial charge in [-0.05, 0) is 0 Å². The second kappa shape index (κ2) is 2.85. The summed E-state index contributed by atoms with van der Waals surface area (Å²) in [6.07, 6.45) is 1.34. The molecule has 0 saturated heterocycles. The Morgan fingerprint density at radius 3 is 2.47 bits per heavy atom. The van der Waals surface area contributed by atoms with Crippen molar-refractivity contribution in [3.05, 3.63) is 23.3 Å². The molecule has 0 spiro atoms. The van der Waals surface area contributed by atoms with Crippen molar-refractivity contribution in [2.45, 2.75) is 26.2 Å². The third-order valence-corrected chi connectivity index (χ3v) is 2.06. The molecule has 5 nitrogen and oxygen atoms in total. The Balaban J connectivity index is 2.57. The molecule has 0 radical (unpaired) electrons. The zero-order chi connectivity index (χ0) is 11.2. The summed E-state index contributed by atoms with van der Waals surface area (Å²) in [5.74, 6) is -0.841. The lowest BCUT2D eigenvalue weighted by Crippen LogP contribution is -2.17. The Labute approximate surface area is 86.5 Å². The fourth-order valence-corrected chi connectivity index (χ4v) is 1.24. The molecule has 0 amide bonds. The summed E-state index contributed by atoms with van der Waals surface area (Å²) in [4.78, 5) is 30.4. The summed E-state index contributed by atoms with van der Waals surface area (Å²) in [6.45, 7) is 5.78. The Kier molecular flexibility index (Phi) is 1.86. The Morgan fingerprint density at radius 2 is 1.87 bits per heavy atom. The molecule has 0 saturated carbocycles. The van der Waals surface area contributed by atoms with Crippen molar-refractivity contribution in [3.63, 3.8) is 0 Å². The first-order valence-corrected chi connectivity index (χ1v) is 4.53. The molecule has 0 aliphatic carbocycles. The molecular weight excluding hydrogens is 196 g/mol. The molecule has 0 N–H and O–H groups in total. The Hall–Kier alpha value is -1.78. The number of cyclic esters (lactones) is 2. The quantitative estimate of drug-likeness (QED) is 0.469. The molecule has 0 bridgehead atoms. The van der Waals surface area contributed by atoms with Crippen LogP contribution in [0.25, 0.3) is 0 Å². The van der Waals surface area contributed by atoms with E-state index in [0.29, 0.717) is 5.82 Å². The number of ether oxygens (including phenoxy) is 1. The van der Waals surface area contributed by atoms with Crippen molar-refractivity contribution < 1.29 is 14.3 Å². The van der Waals surface area contributed by atoms with Gasteiger partial charge in [-0.3, -0.25) is 0 Å². The predicted molar refractivity (Wildman–Crippen MR) is 50.5 cm³/mol. The first-order valence-electron chi connectivity index (χ1n) is 4.53. The Bertz CT molecular complexity index is 460. The summed E-state index contributed by atoms with van der Waals surface area (Å²) in [5.41, 5.74) is -0.0473. The van der Waals surface area contributed by atoms with E-state index < -0.39 is 11.9 Å². The number of hydrogen-bond donors (Lipinski definition) is 0. The maximum Gasteiger partial charge on any atom is 0.365 e. The first-order chi connectivity index (χ1) is 6.89. The largest absolute Gasteiger partial charge is 0.384 e. The number of carbonyl (C=O) groups is 2. The smallest absolute Gasteiger partial charge is 0.365 e. The zero-order valence-corrected chi connectivity index (χ0v) is 8.70. The van der Waals surface area contributed by atoms with E-state index in [-0.39, 0.29) is 16.7 Å². The minimum Gasteiger partial charge on any atom is -0.384 e. The van der Waals surface area contributed by atoms with Crippen LogP contribution >= 0.6 is 0 Å². The highest BCUT2D eigenvalue weighted by Crippen LogP contribution is 2.22. The highest BCUT2D eigenvalue weighted by atomic mass is 16.6. The van der Waals surface area contributed by atoms with Gasteiger partial charge < -0.3 is 4.74 Å². The maximum atomic E-state index is 11.2. The lowest BCUT2D eigenvalue weighted by molar-refractivity contribution is 0.0441. The van der Waals surface area contributed by atoms with E-state index in [9.17, 15) is 9.59 Å². The van der Waals surface area contributed by atoms with Gasteiger partial charge in [-0.2, -0.15) is 0 Å². The standard InChI is InChI=1S/C10H10N2O3/c1-10(2,3)9-11-4-5-6(12-9)8(14)15-7(5)13/h4H,1-3H3. The molecule has 0 fully saturated rings. The normalized spacial score (nSPS) is 15.1. The van der Waals surface area contributed by atoms with Gasteiger partial charge in [0, 0.05) is 11.6 Å². The Morgan fingerprint density at radius 1 is 1.20 bits per heavy atom. The number of aromatic nitrogens is 2. The molecule has 5 heteroatoms. The fourth-order valence-electron chi connectivity index (χ4n) is 1.24. The van der Waals surface area contributed by atoms with E-state index in [1.54, 1.807) is 0 Å². The second-order valence-electron chi connectivity index (χ2n) is 4.38. The number of fused-ring (bicyclic) bond motifs is 1. The van der Waals surface area contributed by atoms with Gasteiger partial charge in [-0.15, -0.1) is 0 Å². The van der Waals surface area contributed by atoms with Crippen molar-refractivity contribution in [2.75, 3.05) is 0 Å². The van der Waals surface area contributed by atoms with Crippen LogP contribution in [0.1, 0.15) is 47.4 Å². The monoisotopic (exact) mass is 206 g/mol. The summed E-state index contributed by atoms with van der Waals surface area (Å²) in [5, 5.41) is 0. The lowest BCUT2D eigenvalue weighted by Gasteiger charge is -2.15. The van der Waals surface area contributed by atoms with E-state index in [1.165, 1.54) is 6.20 Å². The highest BCUT2D eigenvalue weighted by Gasteiger charge is 2.33. The van der Waals surface area contributed by atoms with E-state index in [2.05, 4.69) is 14.7 Å². The second-order valence-corrected chi connectivity index (χ2v) is 4.38. The van der Waals surface area contributed by atoms with Crippen LogP contribution in [0.3, 0.4) is 0 Å². The minimum absolute atomic E-state index is 0.0694. The van der Waals surface area contributed by atoms with Crippen LogP contribution in [0, 0.1) is 0 Å². The average molecular weight is 206 g/mol. The molecule has 0 unspecified atom stereocenters. The summed E-state index contributed by atoms with van der Waals surface area (Å²) in [6, 6.07) is 0. The van der Waals surface area contributed by atoms with Crippen LogP contribution in [0.5, 0.6) is 0 Å². The molecule has 0 atom stereocenters. The molecule has 2 rings (SSSR count). The highest BCUT2D eigenvalue weighted by molar-refractivity contribution is 6.13. The average Bonchev–Trinajstić information content (AvgIpc) is 2.41. The van der Waals surface area contributed by atoms with E-state index >= 15 is 0 Å². The van der Waals surface area contributed by atoms with Gasteiger partial charge in [0.05, 0.1) is 0 Å². The van der Waals surface area contributed by atoms with E-state index in [1.807, 2.05) is 20.8 Å². The zero-order valence-electron chi connectivity index (χ0n) is 8.70. The van der Waals surface area contributed by atoms with Gasteiger partial charge in [0.2, 0.25) is 0 Å². The maximum absolute atomic E-state index is 11.2. The van der Waals surface area contributed by atoms with E-state index in [0.717, 1.165) is 0 Å². The van der Waals surface area contributed by atoms with Gasteiger partial charge in [0.1, 0.15) is 11.4 Å². The number of esters is 2. The molecular formula is C10H10N2O3. The van der Waals surface area contributed by atoms with Crippen LogP contribution < -0.4 is 0 Å². The summed E-state index contributed by atoms with van der Waals surface area (Å²) in [7, 11) is 0. The molecule has 1 aliphatic rings. The van der Waals surface area contributed by atoms with Crippen molar-refractivity contribution in [1.29, 1.82) is 0 Å². The minimum atomic E-state index is -0.692. The number of rotatable bonds is 0. The SMILES string of the molecule is CC(C)(C)c1ncc2c(n1)C(=O)OC2=O. The molecule has 1 aromatic rings. The topological polar surface area (TPSA) is 69.2 Å². The van der Waals surface area contributed by atoms with Gasteiger partial charge in [-0.25, -0.2) is 19.6 Å². The van der Waals surface area contributed by atoms with Gasteiger partial charge in [-0.1, -0.05) is 20.8 Å². The molecule has 2 heterocycles. The number of nitrogens with zero attached hydrogens (tertiary/aromatic N) is 2. The molecule has 15 heavy (non-hydrogen) atoms. The van der Waals surface area contributed by atoms with Crippen LogP contribution in [0.15, 0.2) is 6.20 Å². The van der Waals surface area contributed by atoms with Crippen LogP contribution in [0.4, 0.5) is 0 Å². The fraction of sp³-hybridized carbons (Fsp3) is 0.400. The van der Waals surface area contributed by atoms with Gasteiger partial charge in [0.25, 0.3) is 0 Å². The van der Waals surface area contributed by atoms with Gasteiger partial charge >= 0.3 is 11.9 Å². The van der Waals surface area contributed by atoms with Crippen molar-refractivity contribution >= 4 is 11.9 Å². The van der Waals surface area contributed by atoms with Crippen molar-refractivity contribution in [2.24, 2.45) is 0 Å². The van der Waals surface area contributed by atoms with Crippen LogP contribution in [-0.2, 0) is 10.2 Å². The summed E-state index contributed by atoms with van der Waals surface area (Å²) >= 11 is 0. The van der Waals surface area contributed by atoms with Crippen LogP contribution in [-0.4, -0.2) is 21.9 Å². The lowest BCUT2D eigenvalue weighted by atomic mass is 9.95. The number of hydrogen-bond acceptors (Lipinski definition) is 5. The molecule has 78 valence electrons. The van der Waals surface area contributed by atoms with Crippen LogP contribution in [0.2, 0.25) is 0 Å². The number of carbonyl (C=O) groups excluding carboxylic acids is 2. The third kappa shape index (κ3) is 1.49. The molecule has 0 aromatic carbocycles. The van der Waals surface area contributed by atoms with Crippen molar-refractivity contribution in [3.8, 4) is 0 Å².